The van der Waals surface area contributed by atoms with E-state index in [1.807, 2.05) is 18.2 Å². The third-order valence-electron chi connectivity index (χ3n) is 2.05. The molecule has 0 aliphatic carbocycles. The highest BCUT2D eigenvalue weighted by Crippen LogP contribution is 2.16. The monoisotopic (exact) mass is 195 g/mol. The van der Waals surface area contributed by atoms with Gasteiger partial charge in [0.25, 0.3) is 0 Å². The van der Waals surface area contributed by atoms with Gasteiger partial charge in [-0.25, -0.2) is 0 Å². The maximum absolute atomic E-state index is 8.96. The fourth-order valence-corrected chi connectivity index (χ4v) is 1.35. The molecule has 2 rings (SSSR count). The van der Waals surface area contributed by atoms with Gasteiger partial charge in [0.2, 0.25) is 0 Å². The van der Waals surface area contributed by atoms with E-state index in [1.54, 1.807) is 30.8 Å². The number of hydrogen-bond acceptors (Lipinski definition) is 3. The van der Waals surface area contributed by atoms with Crippen LogP contribution in [-0.2, 0) is 0 Å². The lowest BCUT2D eigenvalue weighted by molar-refractivity contribution is 1.21. The van der Waals surface area contributed by atoms with Crippen molar-refractivity contribution in [2.24, 2.45) is 4.99 Å². The number of hydrogen-bond donors (Lipinski definition) is 1. The summed E-state index contributed by atoms with van der Waals surface area (Å²) in [5.41, 5.74) is 2.34. The molecule has 0 unspecified atom stereocenters. The highest BCUT2D eigenvalue weighted by Gasteiger charge is 2.05. The van der Waals surface area contributed by atoms with Crippen molar-refractivity contribution in [3.63, 3.8) is 0 Å². The Balaban J connectivity index is 2.46. The molecule has 1 heterocycles. The molecule has 1 N–H and O–H groups in total. The van der Waals surface area contributed by atoms with Crippen LogP contribution >= 0.6 is 0 Å². The zero-order valence-corrected chi connectivity index (χ0v) is 8.01. The molecule has 0 fully saturated rings. The van der Waals surface area contributed by atoms with Gasteiger partial charge in [0, 0.05) is 18.0 Å². The van der Waals surface area contributed by atoms with Gasteiger partial charge in [0.15, 0.2) is 0 Å². The van der Waals surface area contributed by atoms with E-state index >= 15 is 0 Å². The molecule has 15 heavy (non-hydrogen) atoms. The van der Waals surface area contributed by atoms with Crippen molar-refractivity contribution in [2.45, 2.75) is 0 Å². The summed E-state index contributed by atoms with van der Waals surface area (Å²) in [7, 11) is 0. The molecule has 1 aliphatic heterocycles. The van der Waals surface area contributed by atoms with Crippen LogP contribution in [0.1, 0.15) is 11.1 Å². The molecule has 0 atom stereocenters. The van der Waals surface area contributed by atoms with E-state index in [-0.39, 0.29) is 0 Å². The Morgan fingerprint density at radius 1 is 1.27 bits per heavy atom. The van der Waals surface area contributed by atoms with E-state index in [0.29, 0.717) is 5.56 Å². The summed E-state index contributed by atoms with van der Waals surface area (Å²) in [5.74, 6) is 0. The summed E-state index contributed by atoms with van der Waals surface area (Å²) in [4.78, 5) is 4.06. The molecule has 1 aromatic carbocycles. The number of benzene rings is 1. The first-order valence-corrected chi connectivity index (χ1v) is 4.56. The van der Waals surface area contributed by atoms with Gasteiger partial charge < -0.3 is 5.32 Å². The van der Waals surface area contributed by atoms with E-state index in [2.05, 4.69) is 16.4 Å². The minimum absolute atomic E-state index is 0.641. The second kappa shape index (κ2) is 4.25. The highest BCUT2D eigenvalue weighted by molar-refractivity contribution is 5.77. The highest BCUT2D eigenvalue weighted by atomic mass is 14.9. The topological polar surface area (TPSA) is 48.2 Å². The van der Waals surface area contributed by atoms with Crippen LogP contribution in [0.2, 0.25) is 0 Å². The normalized spacial score (nSPS) is 13.7. The zero-order chi connectivity index (χ0) is 10.5. The Bertz CT molecular complexity index is 490. The molecular weight excluding hydrogens is 186 g/mol. The van der Waals surface area contributed by atoms with Gasteiger partial charge in [-0.1, -0.05) is 18.2 Å². The molecule has 0 aromatic heterocycles. The van der Waals surface area contributed by atoms with Crippen molar-refractivity contribution < 1.29 is 0 Å². The van der Waals surface area contributed by atoms with Crippen LogP contribution in [0.5, 0.6) is 0 Å². The summed E-state index contributed by atoms with van der Waals surface area (Å²) < 4.78 is 0. The lowest BCUT2D eigenvalue weighted by Gasteiger charge is -2.06. The van der Waals surface area contributed by atoms with Crippen molar-refractivity contribution in [2.75, 3.05) is 0 Å². The summed E-state index contributed by atoms with van der Waals surface area (Å²) >= 11 is 0. The minimum atomic E-state index is 0.641. The average Bonchev–Trinajstić information content (AvgIpc) is 2.57. The Morgan fingerprint density at radius 2 is 2.13 bits per heavy atom. The predicted octanol–water partition coefficient (Wildman–Crippen LogP) is 2.04. The molecule has 0 bridgehead atoms. The maximum Gasteiger partial charge on any atom is 0.0998 e. The minimum Gasteiger partial charge on any atom is -0.360 e. The first-order valence-electron chi connectivity index (χ1n) is 4.56. The number of nitrogens with zero attached hydrogens (tertiary/aromatic N) is 2. The molecule has 1 aromatic rings. The van der Waals surface area contributed by atoms with Gasteiger partial charge in [-0.05, 0) is 12.1 Å². The van der Waals surface area contributed by atoms with E-state index in [4.69, 9.17) is 5.26 Å². The van der Waals surface area contributed by atoms with Gasteiger partial charge in [-0.3, -0.25) is 4.99 Å². The van der Waals surface area contributed by atoms with Gasteiger partial charge in [0.05, 0.1) is 23.5 Å². The summed E-state index contributed by atoms with van der Waals surface area (Å²) in [6.45, 7) is 0. The molecule has 3 heteroatoms. The Hall–Kier alpha value is -2.34. The molecular formula is C12H9N3. The Labute approximate surface area is 88.1 Å². The van der Waals surface area contributed by atoms with Gasteiger partial charge in [0.1, 0.15) is 0 Å². The second-order valence-corrected chi connectivity index (χ2v) is 3.00. The van der Waals surface area contributed by atoms with Crippen LogP contribution in [0.4, 0.5) is 0 Å². The van der Waals surface area contributed by atoms with Crippen LogP contribution in [-0.4, -0.2) is 6.21 Å². The van der Waals surface area contributed by atoms with Crippen molar-refractivity contribution in [3.8, 4) is 6.07 Å². The van der Waals surface area contributed by atoms with E-state index in [0.717, 1.165) is 11.3 Å². The SMILES string of the molecule is N#Cc1ccccc1C1=CN=CC=CN1. The lowest BCUT2D eigenvalue weighted by Crippen LogP contribution is -2.04. The van der Waals surface area contributed by atoms with Crippen LogP contribution in [0.3, 0.4) is 0 Å². The van der Waals surface area contributed by atoms with Crippen molar-refractivity contribution in [3.05, 3.63) is 53.9 Å². The van der Waals surface area contributed by atoms with Crippen molar-refractivity contribution in [1.82, 2.24) is 5.32 Å². The molecule has 0 saturated carbocycles. The molecule has 3 nitrogen and oxygen atoms in total. The maximum atomic E-state index is 8.96. The van der Waals surface area contributed by atoms with E-state index in [1.165, 1.54) is 0 Å². The van der Waals surface area contributed by atoms with E-state index in [9.17, 15) is 0 Å². The number of rotatable bonds is 1. The third kappa shape index (κ3) is 1.94. The molecule has 0 amide bonds. The lowest BCUT2D eigenvalue weighted by atomic mass is 10.1. The number of aliphatic imine (C=N–C) groups is 1. The number of allylic oxidation sites excluding steroid dienone is 1. The van der Waals surface area contributed by atoms with E-state index < -0.39 is 0 Å². The number of nitrogens with one attached hydrogen (secondary N) is 1. The first kappa shape index (κ1) is 9.22. The third-order valence-corrected chi connectivity index (χ3v) is 2.05. The first-order chi connectivity index (χ1) is 7.42. The van der Waals surface area contributed by atoms with Crippen LogP contribution < -0.4 is 5.32 Å². The standard InChI is InChI=1S/C12H9N3/c13-8-10-4-1-2-5-11(10)12-9-14-6-3-7-15-12/h1-7,9,15H. The van der Waals surface area contributed by atoms with Crippen molar-refractivity contribution >= 4 is 11.9 Å². The molecule has 0 saturated heterocycles. The van der Waals surface area contributed by atoms with Crippen LogP contribution in [0, 0.1) is 11.3 Å². The predicted molar refractivity (Wildman–Crippen MR) is 59.9 cm³/mol. The van der Waals surface area contributed by atoms with Gasteiger partial charge in [-0.2, -0.15) is 5.26 Å². The smallest absolute Gasteiger partial charge is 0.0998 e. The van der Waals surface area contributed by atoms with Crippen molar-refractivity contribution in [1.29, 1.82) is 5.26 Å². The Morgan fingerprint density at radius 3 is 3.00 bits per heavy atom. The summed E-state index contributed by atoms with van der Waals surface area (Å²) in [5, 5.41) is 12.0. The number of nitriles is 1. The Kier molecular flexibility index (Phi) is 2.61. The zero-order valence-electron chi connectivity index (χ0n) is 8.01. The van der Waals surface area contributed by atoms with Crippen LogP contribution in [0.15, 0.2) is 47.7 Å². The second-order valence-electron chi connectivity index (χ2n) is 3.00. The molecule has 0 spiro atoms. The largest absolute Gasteiger partial charge is 0.360 e. The fraction of sp³-hybridized carbons (Fsp3) is 0. The quantitative estimate of drug-likeness (QED) is 0.745. The fourth-order valence-electron chi connectivity index (χ4n) is 1.35. The molecule has 1 aliphatic rings. The van der Waals surface area contributed by atoms with Crippen LogP contribution in [0.25, 0.3) is 5.70 Å². The molecule has 72 valence electrons. The molecule has 0 radical (unpaired) electrons. The van der Waals surface area contributed by atoms with Gasteiger partial charge >= 0.3 is 0 Å². The summed E-state index contributed by atoms with van der Waals surface area (Å²) in [6.07, 6.45) is 6.99. The summed E-state index contributed by atoms with van der Waals surface area (Å²) in [6, 6.07) is 9.58. The van der Waals surface area contributed by atoms with Gasteiger partial charge in [-0.15, -0.1) is 0 Å². The average molecular weight is 195 g/mol.